The van der Waals surface area contributed by atoms with Crippen LogP contribution in [-0.4, -0.2) is 36.0 Å². The lowest BCUT2D eigenvalue weighted by Crippen LogP contribution is -2.48. The summed E-state index contributed by atoms with van der Waals surface area (Å²) in [6, 6.07) is -0.0854. The lowest BCUT2D eigenvalue weighted by Gasteiger charge is -2.29. The molecule has 0 fully saturated rings. The predicted molar refractivity (Wildman–Crippen MR) is 63.4 cm³/mol. The van der Waals surface area contributed by atoms with Gasteiger partial charge in [-0.25, -0.2) is 0 Å². The Bertz CT molecular complexity index is 185. The van der Waals surface area contributed by atoms with E-state index in [1.165, 1.54) is 0 Å². The highest BCUT2D eigenvalue weighted by molar-refractivity contribution is 5.79. The van der Waals surface area contributed by atoms with Gasteiger partial charge < -0.3 is 11.5 Å². The van der Waals surface area contributed by atoms with E-state index in [9.17, 15) is 4.79 Å². The Morgan fingerprint density at radius 2 is 2.00 bits per heavy atom. The molecular formula is C11H25N3O. The highest BCUT2D eigenvalue weighted by Gasteiger charge is 2.18. The van der Waals surface area contributed by atoms with Crippen LogP contribution in [0.5, 0.6) is 0 Å². The number of hydrogen-bond acceptors (Lipinski definition) is 3. The molecule has 4 N–H and O–H groups in total. The van der Waals surface area contributed by atoms with Crippen LogP contribution in [0.3, 0.4) is 0 Å². The third kappa shape index (κ3) is 5.74. The van der Waals surface area contributed by atoms with Gasteiger partial charge in [-0.15, -0.1) is 0 Å². The van der Waals surface area contributed by atoms with Crippen molar-refractivity contribution in [3.8, 4) is 0 Å². The van der Waals surface area contributed by atoms with E-state index in [1.54, 1.807) is 0 Å². The lowest BCUT2D eigenvalue weighted by atomic mass is 10.1. The normalized spacial score (nSPS) is 15.3. The number of unbranched alkanes of at least 4 members (excludes halogenated alkanes) is 1. The second-order valence-corrected chi connectivity index (χ2v) is 4.11. The van der Waals surface area contributed by atoms with Gasteiger partial charge in [0.25, 0.3) is 0 Å². The fraction of sp³-hybridized carbons (Fsp3) is 0.909. The number of nitrogens with two attached hydrogens (primary N) is 2. The van der Waals surface area contributed by atoms with Crippen LogP contribution in [0.15, 0.2) is 0 Å². The monoisotopic (exact) mass is 215 g/mol. The van der Waals surface area contributed by atoms with Crippen LogP contribution < -0.4 is 11.5 Å². The molecule has 0 saturated carbocycles. The first-order valence-corrected chi connectivity index (χ1v) is 5.81. The minimum Gasteiger partial charge on any atom is -0.368 e. The fourth-order valence-corrected chi connectivity index (χ4v) is 1.45. The molecule has 0 radical (unpaired) electrons. The summed E-state index contributed by atoms with van der Waals surface area (Å²) in [5, 5.41) is 0. The van der Waals surface area contributed by atoms with E-state index in [2.05, 4.69) is 25.7 Å². The van der Waals surface area contributed by atoms with Gasteiger partial charge in [-0.05, 0) is 26.3 Å². The van der Waals surface area contributed by atoms with Crippen LogP contribution in [-0.2, 0) is 4.79 Å². The van der Waals surface area contributed by atoms with Crippen molar-refractivity contribution in [3.05, 3.63) is 0 Å². The molecule has 0 aromatic heterocycles. The second-order valence-electron chi connectivity index (χ2n) is 4.11. The number of primary amides is 1. The molecule has 4 nitrogen and oxygen atoms in total. The molecule has 2 atom stereocenters. The topological polar surface area (TPSA) is 72.3 Å². The molecule has 15 heavy (non-hydrogen) atoms. The Morgan fingerprint density at radius 1 is 1.40 bits per heavy atom. The Hall–Kier alpha value is -0.610. The van der Waals surface area contributed by atoms with Crippen molar-refractivity contribution in [1.29, 1.82) is 0 Å². The summed E-state index contributed by atoms with van der Waals surface area (Å²) in [5.74, 6) is -0.417. The maximum Gasteiger partial charge on any atom is 0.235 e. The van der Waals surface area contributed by atoms with Crippen LogP contribution in [0.25, 0.3) is 0 Å². The summed E-state index contributed by atoms with van der Waals surface area (Å²) in [5.41, 5.74) is 10.8. The van der Waals surface area contributed by atoms with Crippen molar-refractivity contribution in [2.75, 3.05) is 13.1 Å². The van der Waals surface area contributed by atoms with Gasteiger partial charge in [-0.1, -0.05) is 20.3 Å². The van der Waals surface area contributed by atoms with Crippen LogP contribution in [0.4, 0.5) is 0 Å². The van der Waals surface area contributed by atoms with Gasteiger partial charge in [0.2, 0.25) is 5.91 Å². The standard InChI is InChI=1S/C11H25N3O/c1-4-6-7-14(9(3)5-2)8-10(12)11(13)15/h9-10H,4-8,12H2,1-3H3,(H2,13,15). The molecule has 0 aromatic carbocycles. The zero-order chi connectivity index (χ0) is 11.8. The molecule has 0 saturated heterocycles. The summed E-state index contributed by atoms with van der Waals surface area (Å²) in [7, 11) is 0. The number of carbonyl (C=O) groups excluding carboxylic acids is 1. The van der Waals surface area contributed by atoms with Crippen molar-refractivity contribution < 1.29 is 4.79 Å². The summed E-state index contributed by atoms with van der Waals surface area (Å²) < 4.78 is 0. The maximum absolute atomic E-state index is 10.9. The summed E-state index contributed by atoms with van der Waals surface area (Å²) in [6.45, 7) is 8.02. The molecule has 0 rings (SSSR count). The Morgan fingerprint density at radius 3 is 2.40 bits per heavy atom. The first-order chi connectivity index (χ1) is 7.02. The first-order valence-electron chi connectivity index (χ1n) is 5.81. The van der Waals surface area contributed by atoms with Gasteiger partial charge in [0.1, 0.15) is 0 Å². The molecule has 90 valence electrons. The molecule has 0 heterocycles. The van der Waals surface area contributed by atoms with Gasteiger partial charge in [0.15, 0.2) is 0 Å². The quantitative estimate of drug-likeness (QED) is 0.626. The second kappa shape index (κ2) is 7.65. The average Bonchev–Trinajstić information content (AvgIpc) is 2.22. The number of rotatable bonds is 8. The van der Waals surface area contributed by atoms with Gasteiger partial charge >= 0.3 is 0 Å². The van der Waals surface area contributed by atoms with Crippen LogP contribution in [0.1, 0.15) is 40.0 Å². The SMILES string of the molecule is CCCCN(CC(N)C(N)=O)C(C)CC. The predicted octanol–water partition coefficient (Wildman–Crippen LogP) is 0.700. The Labute approximate surface area is 93.0 Å². The van der Waals surface area contributed by atoms with E-state index in [4.69, 9.17) is 11.5 Å². The van der Waals surface area contributed by atoms with E-state index >= 15 is 0 Å². The number of carbonyl (C=O) groups is 1. The third-order valence-corrected chi connectivity index (χ3v) is 2.81. The van der Waals surface area contributed by atoms with E-state index in [1.807, 2.05) is 0 Å². The molecule has 0 aliphatic rings. The minimum absolute atomic E-state index is 0.417. The molecule has 0 bridgehead atoms. The van der Waals surface area contributed by atoms with Gasteiger partial charge in [-0.3, -0.25) is 9.69 Å². The van der Waals surface area contributed by atoms with E-state index in [0.29, 0.717) is 12.6 Å². The molecule has 2 unspecified atom stereocenters. The van der Waals surface area contributed by atoms with Crippen LogP contribution in [0.2, 0.25) is 0 Å². The zero-order valence-corrected chi connectivity index (χ0v) is 10.2. The van der Waals surface area contributed by atoms with E-state index in [-0.39, 0.29) is 0 Å². The van der Waals surface area contributed by atoms with Crippen LogP contribution >= 0.6 is 0 Å². The minimum atomic E-state index is -0.546. The third-order valence-electron chi connectivity index (χ3n) is 2.81. The van der Waals surface area contributed by atoms with Crippen molar-refractivity contribution in [3.63, 3.8) is 0 Å². The van der Waals surface area contributed by atoms with Crippen molar-refractivity contribution in [2.45, 2.75) is 52.1 Å². The first kappa shape index (κ1) is 14.4. The average molecular weight is 215 g/mol. The maximum atomic E-state index is 10.9. The van der Waals surface area contributed by atoms with Crippen molar-refractivity contribution in [1.82, 2.24) is 4.90 Å². The van der Waals surface area contributed by atoms with Crippen molar-refractivity contribution in [2.24, 2.45) is 11.5 Å². The smallest absolute Gasteiger partial charge is 0.235 e. The van der Waals surface area contributed by atoms with Crippen LogP contribution in [0, 0.1) is 0 Å². The van der Waals surface area contributed by atoms with E-state index < -0.39 is 11.9 Å². The largest absolute Gasteiger partial charge is 0.368 e. The Balaban J connectivity index is 4.16. The molecule has 4 heteroatoms. The number of amides is 1. The zero-order valence-electron chi connectivity index (χ0n) is 10.2. The lowest BCUT2D eigenvalue weighted by molar-refractivity contribution is -0.119. The fourth-order valence-electron chi connectivity index (χ4n) is 1.45. The highest BCUT2D eigenvalue weighted by atomic mass is 16.1. The summed E-state index contributed by atoms with van der Waals surface area (Å²) in [4.78, 5) is 13.1. The van der Waals surface area contributed by atoms with Gasteiger partial charge in [0, 0.05) is 12.6 Å². The Kier molecular flexibility index (Phi) is 7.34. The summed E-state index contributed by atoms with van der Waals surface area (Å²) >= 11 is 0. The van der Waals surface area contributed by atoms with Crippen molar-refractivity contribution >= 4 is 5.91 Å². The molecule has 0 aliphatic heterocycles. The number of hydrogen-bond donors (Lipinski definition) is 2. The van der Waals surface area contributed by atoms with Gasteiger partial charge in [-0.2, -0.15) is 0 Å². The summed E-state index contributed by atoms with van der Waals surface area (Å²) in [6.07, 6.45) is 3.35. The molecule has 0 aliphatic carbocycles. The molecule has 0 spiro atoms. The molecule has 0 aromatic rings. The van der Waals surface area contributed by atoms with Gasteiger partial charge in [0.05, 0.1) is 6.04 Å². The number of nitrogens with zero attached hydrogens (tertiary/aromatic N) is 1. The molecule has 1 amide bonds. The molecular weight excluding hydrogens is 190 g/mol. The highest BCUT2D eigenvalue weighted by Crippen LogP contribution is 2.06. The van der Waals surface area contributed by atoms with E-state index in [0.717, 1.165) is 25.8 Å².